The second kappa shape index (κ2) is 9.50. The summed E-state index contributed by atoms with van der Waals surface area (Å²) in [4.78, 5) is 5.36. The molecule has 1 rings (SSSR count). The van der Waals surface area contributed by atoms with Crippen molar-refractivity contribution in [2.24, 2.45) is 11.1 Å². The molecule has 0 bridgehead atoms. The number of methoxy groups -OCH3 is 2. The van der Waals surface area contributed by atoms with Gasteiger partial charge in [0.2, 0.25) is 0 Å². The summed E-state index contributed by atoms with van der Waals surface area (Å²) in [5.74, 6) is 0.846. The molecule has 6 nitrogen and oxygen atoms in total. The van der Waals surface area contributed by atoms with Crippen LogP contribution < -0.4 is 4.74 Å². The molecule has 0 amide bonds. The Morgan fingerprint density at radius 2 is 1.70 bits per heavy atom. The standard InChI is InChI=1S/C17H27NO5/c1-11(2)17(22-5)15(16(20)12(3)19)18-23-10-13-6-8-14(21-4)9-7-13/h6-9,11-12,16-17,19-20H,10H2,1-5H3/b18-15+/t12-,16+,17+/m1/s1. The molecular formula is C17H27NO5. The van der Waals surface area contributed by atoms with Gasteiger partial charge in [-0.2, -0.15) is 0 Å². The predicted octanol–water partition coefficient (Wildman–Crippen LogP) is 1.98. The largest absolute Gasteiger partial charge is 0.497 e. The van der Waals surface area contributed by atoms with Crippen LogP contribution in [0.3, 0.4) is 0 Å². The van der Waals surface area contributed by atoms with Gasteiger partial charge < -0.3 is 24.5 Å². The van der Waals surface area contributed by atoms with Crippen molar-refractivity contribution in [3.05, 3.63) is 29.8 Å². The van der Waals surface area contributed by atoms with Crippen molar-refractivity contribution in [2.45, 2.75) is 45.7 Å². The number of hydrogen-bond donors (Lipinski definition) is 2. The van der Waals surface area contributed by atoms with Crippen LogP contribution in [0.15, 0.2) is 29.4 Å². The van der Waals surface area contributed by atoms with Crippen LogP contribution >= 0.6 is 0 Å². The lowest BCUT2D eigenvalue weighted by Gasteiger charge is -2.25. The topological polar surface area (TPSA) is 80.5 Å². The van der Waals surface area contributed by atoms with Gasteiger partial charge >= 0.3 is 0 Å². The van der Waals surface area contributed by atoms with E-state index < -0.39 is 18.3 Å². The number of aliphatic hydroxyl groups excluding tert-OH is 2. The van der Waals surface area contributed by atoms with E-state index in [9.17, 15) is 10.2 Å². The fraction of sp³-hybridized carbons (Fsp3) is 0.588. The lowest BCUT2D eigenvalue weighted by Crippen LogP contribution is -2.42. The van der Waals surface area contributed by atoms with E-state index in [1.807, 2.05) is 38.1 Å². The third-order valence-electron chi connectivity index (χ3n) is 3.47. The first-order chi connectivity index (χ1) is 10.9. The monoisotopic (exact) mass is 325 g/mol. The second-order valence-electron chi connectivity index (χ2n) is 5.72. The normalized spacial score (nSPS) is 16.1. The van der Waals surface area contributed by atoms with E-state index in [2.05, 4.69) is 5.16 Å². The third kappa shape index (κ3) is 5.82. The minimum atomic E-state index is -1.14. The summed E-state index contributed by atoms with van der Waals surface area (Å²) in [5.41, 5.74) is 1.20. The molecule has 23 heavy (non-hydrogen) atoms. The van der Waals surface area contributed by atoms with Crippen molar-refractivity contribution in [3.63, 3.8) is 0 Å². The maximum Gasteiger partial charge on any atom is 0.142 e. The number of nitrogens with zero attached hydrogens (tertiary/aromatic N) is 1. The van der Waals surface area contributed by atoms with Gasteiger partial charge in [-0.1, -0.05) is 31.1 Å². The molecule has 0 heterocycles. The molecular weight excluding hydrogens is 298 g/mol. The van der Waals surface area contributed by atoms with Gasteiger partial charge in [0, 0.05) is 7.11 Å². The van der Waals surface area contributed by atoms with E-state index in [0.717, 1.165) is 11.3 Å². The SMILES string of the molecule is COc1ccc(CO/N=C(/[C@@H](OC)C(C)C)[C@@H](O)[C@@H](C)O)cc1. The average Bonchev–Trinajstić information content (AvgIpc) is 2.53. The van der Waals surface area contributed by atoms with Crippen LogP contribution in [0.2, 0.25) is 0 Å². The summed E-state index contributed by atoms with van der Waals surface area (Å²) in [6.07, 6.45) is -2.54. The fourth-order valence-corrected chi connectivity index (χ4v) is 2.16. The molecule has 3 atom stereocenters. The summed E-state index contributed by atoms with van der Waals surface area (Å²) in [5, 5.41) is 23.8. The highest BCUT2D eigenvalue weighted by atomic mass is 16.6. The molecule has 0 aromatic heterocycles. The Labute approximate surface area is 137 Å². The van der Waals surface area contributed by atoms with Gasteiger partial charge in [0.1, 0.15) is 30.3 Å². The Morgan fingerprint density at radius 1 is 1.09 bits per heavy atom. The zero-order chi connectivity index (χ0) is 17.4. The Hall–Kier alpha value is -1.63. The molecule has 0 saturated heterocycles. The van der Waals surface area contributed by atoms with Crippen LogP contribution in [0.25, 0.3) is 0 Å². The zero-order valence-electron chi connectivity index (χ0n) is 14.4. The minimum Gasteiger partial charge on any atom is -0.497 e. The highest BCUT2D eigenvalue weighted by molar-refractivity contribution is 5.92. The number of ether oxygens (including phenoxy) is 2. The number of rotatable bonds is 9. The quantitative estimate of drug-likeness (QED) is 0.536. The smallest absolute Gasteiger partial charge is 0.142 e. The van der Waals surface area contributed by atoms with Gasteiger partial charge in [-0.3, -0.25) is 0 Å². The van der Waals surface area contributed by atoms with E-state index >= 15 is 0 Å². The van der Waals surface area contributed by atoms with Gasteiger partial charge in [-0.05, 0) is 30.5 Å². The van der Waals surface area contributed by atoms with E-state index in [4.69, 9.17) is 14.3 Å². The molecule has 1 aromatic carbocycles. The van der Waals surface area contributed by atoms with Crippen LogP contribution in [0.4, 0.5) is 0 Å². The van der Waals surface area contributed by atoms with Crippen molar-refractivity contribution in [1.82, 2.24) is 0 Å². The number of benzene rings is 1. The summed E-state index contributed by atoms with van der Waals surface area (Å²) >= 11 is 0. The molecule has 0 aliphatic carbocycles. The second-order valence-corrected chi connectivity index (χ2v) is 5.72. The maximum absolute atomic E-state index is 10.1. The number of oxime groups is 1. The lowest BCUT2D eigenvalue weighted by atomic mass is 9.96. The Bertz CT molecular complexity index is 484. The molecule has 0 saturated carbocycles. The van der Waals surface area contributed by atoms with Crippen LogP contribution in [0.5, 0.6) is 5.75 Å². The summed E-state index contributed by atoms with van der Waals surface area (Å²) in [7, 11) is 3.15. The fourth-order valence-electron chi connectivity index (χ4n) is 2.16. The highest BCUT2D eigenvalue weighted by Crippen LogP contribution is 2.15. The van der Waals surface area contributed by atoms with Gasteiger partial charge in [0.05, 0.1) is 13.2 Å². The van der Waals surface area contributed by atoms with Gasteiger partial charge in [-0.15, -0.1) is 0 Å². The molecule has 2 N–H and O–H groups in total. The van der Waals surface area contributed by atoms with E-state index in [0.29, 0.717) is 0 Å². The van der Waals surface area contributed by atoms with Gasteiger partial charge in [-0.25, -0.2) is 0 Å². The first kappa shape index (κ1) is 19.4. The molecule has 6 heteroatoms. The predicted molar refractivity (Wildman–Crippen MR) is 88.5 cm³/mol. The van der Waals surface area contributed by atoms with Crippen LogP contribution in [0.1, 0.15) is 26.3 Å². The maximum atomic E-state index is 10.1. The van der Waals surface area contributed by atoms with E-state index in [1.165, 1.54) is 6.92 Å². The van der Waals surface area contributed by atoms with Crippen molar-refractivity contribution < 1.29 is 24.5 Å². The number of hydrogen-bond acceptors (Lipinski definition) is 6. The molecule has 1 aromatic rings. The van der Waals surface area contributed by atoms with Crippen molar-refractivity contribution in [1.29, 1.82) is 0 Å². The molecule has 0 aliphatic rings. The van der Waals surface area contributed by atoms with E-state index in [1.54, 1.807) is 14.2 Å². The first-order valence-corrected chi connectivity index (χ1v) is 7.62. The van der Waals surface area contributed by atoms with Crippen molar-refractivity contribution in [3.8, 4) is 5.75 Å². The van der Waals surface area contributed by atoms with Gasteiger partial charge in [0.15, 0.2) is 0 Å². The molecule has 0 radical (unpaired) electrons. The van der Waals surface area contributed by atoms with Crippen molar-refractivity contribution in [2.75, 3.05) is 14.2 Å². The zero-order valence-corrected chi connectivity index (χ0v) is 14.4. The molecule has 0 unspecified atom stereocenters. The molecule has 130 valence electrons. The van der Waals surface area contributed by atoms with Gasteiger partial charge in [0.25, 0.3) is 0 Å². The summed E-state index contributed by atoms with van der Waals surface area (Å²) in [6, 6.07) is 7.41. The Morgan fingerprint density at radius 3 is 2.13 bits per heavy atom. The summed E-state index contributed by atoms with van der Waals surface area (Å²) < 4.78 is 10.5. The Balaban J connectivity index is 2.82. The third-order valence-corrected chi connectivity index (χ3v) is 3.47. The molecule has 0 aliphatic heterocycles. The average molecular weight is 325 g/mol. The minimum absolute atomic E-state index is 0.0803. The van der Waals surface area contributed by atoms with Crippen LogP contribution in [0, 0.1) is 5.92 Å². The lowest BCUT2D eigenvalue weighted by molar-refractivity contribution is 0.0428. The van der Waals surface area contributed by atoms with E-state index in [-0.39, 0.29) is 18.2 Å². The summed E-state index contributed by atoms with van der Waals surface area (Å²) in [6.45, 7) is 5.63. The Kier molecular flexibility index (Phi) is 8.02. The first-order valence-electron chi connectivity index (χ1n) is 7.62. The molecule has 0 fully saturated rings. The van der Waals surface area contributed by atoms with Crippen LogP contribution in [-0.2, 0) is 16.2 Å². The van der Waals surface area contributed by atoms with Crippen LogP contribution in [-0.4, -0.2) is 48.5 Å². The highest BCUT2D eigenvalue weighted by Gasteiger charge is 2.29. The van der Waals surface area contributed by atoms with Crippen molar-refractivity contribution >= 4 is 5.71 Å². The number of aliphatic hydroxyl groups is 2. The molecule has 0 spiro atoms.